The molecule has 1 aliphatic rings. The van der Waals surface area contributed by atoms with E-state index < -0.39 is 24.1 Å². The molecule has 0 unspecified atom stereocenters. The lowest BCUT2D eigenvalue weighted by Gasteiger charge is -2.31. The van der Waals surface area contributed by atoms with Crippen LogP contribution >= 0.6 is 11.8 Å². The van der Waals surface area contributed by atoms with Crippen LogP contribution in [0.5, 0.6) is 0 Å². The van der Waals surface area contributed by atoms with Crippen molar-refractivity contribution in [3.8, 4) is 0 Å². The minimum absolute atomic E-state index is 0.0451. The lowest BCUT2D eigenvalue weighted by molar-refractivity contribution is -0.160. The Morgan fingerprint density at radius 1 is 1.14 bits per heavy atom. The summed E-state index contributed by atoms with van der Waals surface area (Å²) in [6, 6.07) is 9.82. The number of benzene rings is 1. The van der Waals surface area contributed by atoms with Gasteiger partial charge in [-0.2, -0.15) is 0 Å². The van der Waals surface area contributed by atoms with Gasteiger partial charge in [-0.15, -0.1) is 0 Å². The lowest BCUT2D eigenvalue weighted by atomic mass is 10.1. The summed E-state index contributed by atoms with van der Waals surface area (Å²) in [6.45, 7) is 2.71. The number of hydrogen-bond donors (Lipinski definition) is 0. The number of hydrogen-bond acceptors (Lipinski definition) is 6. The van der Waals surface area contributed by atoms with Gasteiger partial charge in [0, 0.05) is 18.7 Å². The van der Waals surface area contributed by atoms with Gasteiger partial charge in [-0.25, -0.2) is 0 Å². The second-order valence-electron chi connectivity index (χ2n) is 4.74. The van der Waals surface area contributed by atoms with E-state index in [0.29, 0.717) is 0 Å². The lowest BCUT2D eigenvalue weighted by Crippen LogP contribution is -2.40. The van der Waals surface area contributed by atoms with Crippen LogP contribution < -0.4 is 0 Å². The van der Waals surface area contributed by atoms with Gasteiger partial charge in [-0.1, -0.05) is 30.0 Å². The summed E-state index contributed by atoms with van der Waals surface area (Å²) < 4.78 is 16.1. The Labute approximate surface area is 133 Å². The second-order valence-corrected chi connectivity index (χ2v) is 5.91. The van der Waals surface area contributed by atoms with Crippen molar-refractivity contribution in [2.24, 2.45) is 0 Å². The van der Waals surface area contributed by atoms with E-state index in [-0.39, 0.29) is 12.0 Å². The molecule has 0 N–H and O–H groups in total. The van der Waals surface area contributed by atoms with Crippen molar-refractivity contribution in [1.29, 1.82) is 0 Å². The molecule has 3 atom stereocenters. The highest BCUT2D eigenvalue weighted by molar-refractivity contribution is 8.00. The molecule has 22 heavy (non-hydrogen) atoms. The van der Waals surface area contributed by atoms with E-state index in [1.165, 1.54) is 25.6 Å². The third-order valence-corrected chi connectivity index (χ3v) is 3.93. The molecule has 0 amide bonds. The Balaban J connectivity index is 2.02. The first-order valence-electron chi connectivity index (χ1n) is 6.90. The molecule has 5 nitrogen and oxygen atoms in total. The minimum atomic E-state index is -0.551. The fourth-order valence-corrected chi connectivity index (χ4v) is 2.91. The first kappa shape index (κ1) is 16.6. The van der Waals surface area contributed by atoms with Crippen LogP contribution in [0.3, 0.4) is 0 Å². The second kappa shape index (κ2) is 8.00. The molecule has 0 saturated heterocycles. The average Bonchev–Trinajstić information content (AvgIpc) is 2.48. The third-order valence-electron chi connectivity index (χ3n) is 2.88. The zero-order chi connectivity index (χ0) is 15.9. The summed E-state index contributed by atoms with van der Waals surface area (Å²) in [7, 11) is 0. The number of thioether (sulfide) groups is 1. The van der Waals surface area contributed by atoms with Crippen LogP contribution in [0.25, 0.3) is 0 Å². The number of rotatable bonds is 5. The monoisotopic (exact) mass is 322 g/mol. The quantitative estimate of drug-likeness (QED) is 0.613. The summed E-state index contributed by atoms with van der Waals surface area (Å²) in [5.74, 6) is -0.799. The topological polar surface area (TPSA) is 61.8 Å². The molecule has 0 radical (unpaired) electrons. The number of esters is 2. The summed E-state index contributed by atoms with van der Waals surface area (Å²) in [5, 5.41) is 0. The van der Waals surface area contributed by atoms with Gasteiger partial charge in [0.05, 0.1) is 0 Å². The summed E-state index contributed by atoms with van der Waals surface area (Å²) in [5.41, 5.74) is -0.227. The standard InChI is InChI=1S/C16H18O5S/c1-11(17)19-10-15-14(20-12(2)18)8-9-16(21-15)22-13-6-4-3-5-7-13/h3-9,14-16H,10H2,1-2H3/t14-,15+,16-/m0/s1. The molecule has 2 rings (SSSR count). The van der Waals surface area contributed by atoms with E-state index in [9.17, 15) is 9.59 Å². The average molecular weight is 322 g/mol. The molecule has 1 aromatic rings. The van der Waals surface area contributed by atoms with Crippen molar-refractivity contribution in [3.05, 3.63) is 42.5 Å². The van der Waals surface area contributed by atoms with Crippen molar-refractivity contribution >= 4 is 23.7 Å². The van der Waals surface area contributed by atoms with Gasteiger partial charge in [0.25, 0.3) is 0 Å². The Hall–Kier alpha value is -1.79. The van der Waals surface area contributed by atoms with Crippen LogP contribution in [0.1, 0.15) is 13.8 Å². The van der Waals surface area contributed by atoms with Crippen molar-refractivity contribution < 1.29 is 23.8 Å². The van der Waals surface area contributed by atoms with Crippen LogP contribution in [-0.4, -0.2) is 36.2 Å². The SMILES string of the molecule is CC(=O)OC[C@H]1O[C@@H](Sc2ccccc2)C=C[C@@H]1OC(C)=O. The maximum Gasteiger partial charge on any atom is 0.303 e. The van der Waals surface area contributed by atoms with E-state index in [2.05, 4.69) is 0 Å². The van der Waals surface area contributed by atoms with Gasteiger partial charge in [0.1, 0.15) is 24.3 Å². The highest BCUT2D eigenvalue weighted by atomic mass is 32.2. The molecule has 1 heterocycles. The van der Waals surface area contributed by atoms with E-state index in [1.807, 2.05) is 36.4 Å². The first-order valence-corrected chi connectivity index (χ1v) is 7.78. The molecular formula is C16H18O5S. The van der Waals surface area contributed by atoms with Gasteiger partial charge in [-0.05, 0) is 24.3 Å². The van der Waals surface area contributed by atoms with Crippen molar-refractivity contribution in [3.63, 3.8) is 0 Å². The van der Waals surface area contributed by atoms with Crippen molar-refractivity contribution in [2.75, 3.05) is 6.61 Å². The molecule has 0 saturated carbocycles. The predicted molar refractivity (Wildman–Crippen MR) is 82.3 cm³/mol. The molecule has 0 aromatic heterocycles. The van der Waals surface area contributed by atoms with E-state index in [4.69, 9.17) is 14.2 Å². The Kier molecular flexibility index (Phi) is 6.03. The van der Waals surface area contributed by atoms with Crippen molar-refractivity contribution in [2.45, 2.75) is 36.4 Å². The zero-order valence-corrected chi connectivity index (χ0v) is 13.2. The molecule has 1 aliphatic heterocycles. The van der Waals surface area contributed by atoms with Gasteiger partial charge in [-0.3, -0.25) is 9.59 Å². The van der Waals surface area contributed by atoms with Crippen LogP contribution in [0.2, 0.25) is 0 Å². The molecule has 6 heteroatoms. The van der Waals surface area contributed by atoms with Crippen LogP contribution in [0.15, 0.2) is 47.4 Å². The highest BCUT2D eigenvalue weighted by Crippen LogP contribution is 2.29. The van der Waals surface area contributed by atoms with Crippen LogP contribution in [0, 0.1) is 0 Å². The molecule has 0 spiro atoms. The fraction of sp³-hybridized carbons (Fsp3) is 0.375. The summed E-state index contributed by atoms with van der Waals surface area (Å²) in [6.07, 6.45) is 2.55. The molecule has 0 fully saturated rings. The van der Waals surface area contributed by atoms with E-state index in [0.717, 1.165) is 4.90 Å². The third kappa shape index (κ3) is 5.20. The Morgan fingerprint density at radius 3 is 2.50 bits per heavy atom. The van der Waals surface area contributed by atoms with Gasteiger partial charge in [0.15, 0.2) is 0 Å². The zero-order valence-electron chi connectivity index (χ0n) is 12.4. The predicted octanol–water partition coefficient (Wildman–Crippen LogP) is 2.55. The Morgan fingerprint density at radius 2 is 1.86 bits per heavy atom. The first-order chi connectivity index (χ1) is 10.5. The number of ether oxygens (including phenoxy) is 3. The van der Waals surface area contributed by atoms with Gasteiger partial charge in [0.2, 0.25) is 0 Å². The van der Waals surface area contributed by atoms with E-state index >= 15 is 0 Å². The number of carbonyl (C=O) groups is 2. The highest BCUT2D eigenvalue weighted by Gasteiger charge is 2.30. The smallest absolute Gasteiger partial charge is 0.303 e. The maximum atomic E-state index is 11.1. The summed E-state index contributed by atoms with van der Waals surface area (Å²) >= 11 is 1.53. The number of carbonyl (C=O) groups excluding carboxylic acids is 2. The van der Waals surface area contributed by atoms with E-state index in [1.54, 1.807) is 6.08 Å². The normalized spacial score (nSPS) is 23.8. The van der Waals surface area contributed by atoms with Gasteiger partial charge >= 0.3 is 11.9 Å². The van der Waals surface area contributed by atoms with Crippen molar-refractivity contribution in [1.82, 2.24) is 0 Å². The largest absolute Gasteiger partial charge is 0.463 e. The maximum absolute atomic E-state index is 11.1. The molecule has 0 aliphatic carbocycles. The van der Waals surface area contributed by atoms with Crippen LogP contribution in [-0.2, 0) is 23.8 Å². The minimum Gasteiger partial charge on any atom is -0.463 e. The summed E-state index contributed by atoms with van der Waals surface area (Å²) in [4.78, 5) is 23.2. The fourth-order valence-electron chi connectivity index (χ4n) is 1.96. The molecular weight excluding hydrogens is 304 g/mol. The van der Waals surface area contributed by atoms with Gasteiger partial charge < -0.3 is 14.2 Å². The Bertz CT molecular complexity index is 543. The molecule has 1 aromatic carbocycles. The molecule has 118 valence electrons. The van der Waals surface area contributed by atoms with Crippen LogP contribution in [0.4, 0.5) is 0 Å². The molecule has 0 bridgehead atoms.